The predicted molar refractivity (Wildman–Crippen MR) is 115 cm³/mol. The lowest BCUT2D eigenvalue weighted by Gasteiger charge is -2.59. The third-order valence-electron chi connectivity index (χ3n) is 7.61. The van der Waals surface area contributed by atoms with Crippen LogP contribution in [-0.2, 0) is 4.79 Å². The highest BCUT2D eigenvalue weighted by atomic mass is 16.4. The second-order valence-electron chi connectivity index (χ2n) is 10.0. The van der Waals surface area contributed by atoms with Crippen LogP contribution in [0.25, 0.3) is 0 Å². The monoisotopic (exact) mass is 372 g/mol. The van der Waals surface area contributed by atoms with E-state index < -0.39 is 5.97 Å². The van der Waals surface area contributed by atoms with Crippen molar-refractivity contribution in [2.75, 3.05) is 0 Å². The summed E-state index contributed by atoms with van der Waals surface area (Å²) in [5.41, 5.74) is 4.52. The largest absolute Gasteiger partial charge is 0.478 e. The molecule has 2 saturated carbocycles. The van der Waals surface area contributed by atoms with Gasteiger partial charge in [0.25, 0.3) is 0 Å². The van der Waals surface area contributed by atoms with Crippen LogP contribution in [0.1, 0.15) is 92.4 Å². The lowest BCUT2D eigenvalue weighted by molar-refractivity contribution is -0.131. The molecule has 0 unspecified atom stereocenters. The number of carboxylic acid groups (broad SMARTS) is 1. The van der Waals surface area contributed by atoms with Crippen molar-refractivity contribution in [2.24, 2.45) is 22.7 Å². The quantitative estimate of drug-likeness (QED) is 0.375. The maximum atomic E-state index is 11.0. The van der Waals surface area contributed by atoms with Gasteiger partial charge in [-0.15, -0.1) is 0 Å². The van der Waals surface area contributed by atoms with Crippen LogP contribution >= 0.6 is 0 Å². The van der Waals surface area contributed by atoms with Crippen LogP contribution < -0.4 is 0 Å². The Morgan fingerprint density at radius 2 is 1.96 bits per heavy atom. The van der Waals surface area contributed by atoms with Crippen LogP contribution in [0, 0.1) is 22.7 Å². The molecule has 27 heavy (non-hydrogen) atoms. The molecule has 4 atom stereocenters. The Labute approximate surface area is 166 Å². The Kier molecular flexibility index (Phi) is 7.16. The highest BCUT2D eigenvalue weighted by molar-refractivity contribution is 5.80. The number of allylic oxidation sites excluding steroid dienone is 4. The summed E-state index contributed by atoms with van der Waals surface area (Å²) in [6, 6.07) is 0. The molecular weight excluding hydrogens is 332 g/mol. The van der Waals surface area contributed by atoms with Crippen molar-refractivity contribution < 1.29 is 9.90 Å². The molecule has 0 bridgehead atoms. The van der Waals surface area contributed by atoms with Gasteiger partial charge in [0.15, 0.2) is 0 Å². The normalized spacial score (nSPS) is 34.1. The van der Waals surface area contributed by atoms with Crippen molar-refractivity contribution in [3.8, 4) is 0 Å². The van der Waals surface area contributed by atoms with Gasteiger partial charge in [-0.25, -0.2) is 4.79 Å². The summed E-state index contributed by atoms with van der Waals surface area (Å²) >= 11 is 0. The molecule has 0 aromatic rings. The summed E-state index contributed by atoms with van der Waals surface area (Å²) < 4.78 is 0. The molecular formula is C25H40O2. The van der Waals surface area contributed by atoms with E-state index in [9.17, 15) is 4.79 Å². The molecule has 2 aliphatic carbocycles. The van der Waals surface area contributed by atoms with Gasteiger partial charge in [-0.3, -0.25) is 0 Å². The van der Waals surface area contributed by atoms with Crippen LogP contribution in [0.4, 0.5) is 0 Å². The molecule has 152 valence electrons. The Morgan fingerprint density at radius 1 is 1.26 bits per heavy atom. The van der Waals surface area contributed by atoms with E-state index in [1.165, 1.54) is 55.7 Å². The first-order valence-corrected chi connectivity index (χ1v) is 10.8. The molecule has 2 heteroatoms. The van der Waals surface area contributed by atoms with Gasteiger partial charge in [0.1, 0.15) is 0 Å². The molecule has 2 aliphatic rings. The fourth-order valence-electron chi connectivity index (χ4n) is 6.23. The van der Waals surface area contributed by atoms with Gasteiger partial charge in [-0.1, -0.05) is 43.2 Å². The van der Waals surface area contributed by atoms with Crippen molar-refractivity contribution in [1.82, 2.24) is 0 Å². The van der Waals surface area contributed by atoms with Gasteiger partial charge in [0.05, 0.1) is 0 Å². The summed E-state index contributed by atoms with van der Waals surface area (Å²) in [5, 5.41) is 9.07. The van der Waals surface area contributed by atoms with E-state index in [1.807, 2.05) is 6.92 Å². The molecule has 0 amide bonds. The van der Waals surface area contributed by atoms with Crippen LogP contribution in [0.5, 0.6) is 0 Å². The first kappa shape index (κ1) is 22.0. The van der Waals surface area contributed by atoms with E-state index in [0.717, 1.165) is 24.8 Å². The van der Waals surface area contributed by atoms with Crippen LogP contribution in [0.2, 0.25) is 0 Å². The summed E-state index contributed by atoms with van der Waals surface area (Å²) in [6.07, 6.45) is 14.5. The first-order valence-electron chi connectivity index (χ1n) is 10.8. The molecule has 2 rings (SSSR count). The minimum absolute atomic E-state index is 0.316. The summed E-state index contributed by atoms with van der Waals surface area (Å²) in [4.78, 5) is 11.0. The zero-order valence-corrected chi connectivity index (χ0v) is 18.2. The standard InChI is InChI=1S/C25H40O2/c1-18(2)9-7-14-24(5)16-13-21-20(4)10-8-15-25(21,6)22(24)12-11-19(3)17-23(26)27/h9,17,21-22H,4,7-8,10-16H2,1-3,5-6H3,(H,26,27)/b19-17+/t21-,22-,24+,25+/m0/s1. The van der Waals surface area contributed by atoms with Crippen LogP contribution in [0.15, 0.2) is 35.5 Å². The second kappa shape index (κ2) is 8.80. The Hall–Kier alpha value is -1.31. The van der Waals surface area contributed by atoms with E-state index in [4.69, 9.17) is 5.11 Å². The molecule has 0 aliphatic heterocycles. The highest BCUT2D eigenvalue weighted by Crippen LogP contribution is 2.63. The number of carboxylic acids is 1. The molecule has 2 fully saturated rings. The zero-order chi connectivity index (χ0) is 20.2. The summed E-state index contributed by atoms with van der Waals surface area (Å²) in [7, 11) is 0. The van der Waals surface area contributed by atoms with Crippen molar-refractivity contribution in [1.29, 1.82) is 0 Å². The fraction of sp³-hybridized carbons (Fsp3) is 0.720. The number of aliphatic carboxylic acids is 1. The lowest BCUT2D eigenvalue weighted by atomic mass is 9.46. The average molecular weight is 373 g/mol. The van der Waals surface area contributed by atoms with Crippen molar-refractivity contribution >= 4 is 5.97 Å². The van der Waals surface area contributed by atoms with Crippen molar-refractivity contribution in [3.63, 3.8) is 0 Å². The van der Waals surface area contributed by atoms with E-state index in [0.29, 0.717) is 22.7 Å². The highest BCUT2D eigenvalue weighted by Gasteiger charge is 2.53. The number of carbonyl (C=O) groups is 1. The fourth-order valence-corrected chi connectivity index (χ4v) is 6.23. The summed E-state index contributed by atoms with van der Waals surface area (Å²) in [5.74, 6) is 0.456. The Morgan fingerprint density at radius 3 is 2.59 bits per heavy atom. The Bertz CT molecular complexity index is 622. The van der Waals surface area contributed by atoms with Crippen LogP contribution in [0.3, 0.4) is 0 Å². The van der Waals surface area contributed by atoms with E-state index in [1.54, 1.807) is 0 Å². The molecule has 0 saturated heterocycles. The van der Waals surface area contributed by atoms with Crippen molar-refractivity contribution in [2.45, 2.75) is 92.4 Å². The maximum Gasteiger partial charge on any atom is 0.328 e. The number of fused-ring (bicyclic) bond motifs is 1. The number of rotatable bonds is 7. The topological polar surface area (TPSA) is 37.3 Å². The van der Waals surface area contributed by atoms with Gasteiger partial charge in [-0.05, 0) is 101 Å². The smallest absolute Gasteiger partial charge is 0.328 e. The molecule has 0 aromatic carbocycles. The zero-order valence-electron chi connectivity index (χ0n) is 18.2. The van der Waals surface area contributed by atoms with E-state index in [2.05, 4.69) is 40.3 Å². The second-order valence-corrected chi connectivity index (χ2v) is 10.0. The van der Waals surface area contributed by atoms with E-state index >= 15 is 0 Å². The number of hydrogen-bond acceptors (Lipinski definition) is 1. The van der Waals surface area contributed by atoms with Gasteiger partial charge in [0, 0.05) is 6.08 Å². The lowest BCUT2D eigenvalue weighted by Crippen LogP contribution is -2.50. The van der Waals surface area contributed by atoms with Gasteiger partial charge < -0.3 is 5.11 Å². The Balaban J connectivity index is 2.27. The average Bonchev–Trinajstić information content (AvgIpc) is 2.52. The molecule has 0 radical (unpaired) electrons. The van der Waals surface area contributed by atoms with Gasteiger partial charge in [0.2, 0.25) is 0 Å². The summed E-state index contributed by atoms with van der Waals surface area (Å²) in [6.45, 7) is 15.8. The molecule has 0 aromatic heterocycles. The predicted octanol–water partition coefficient (Wildman–Crippen LogP) is 7.32. The molecule has 0 spiro atoms. The van der Waals surface area contributed by atoms with Crippen molar-refractivity contribution in [3.05, 3.63) is 35.5 Å². The first-order chi connectivity index (χ1) is 12.6. The molecule has 0 heterocycles. The number of hydrogen-bond donors (Lipinski definition) is 1. The minimum atomic E-state index is -0.822. The van der Waals surface area contributed by atoms with Crippen LogP contribution in [-0.4, -0.2) is 11.1 Å². The minimum Gasteiger partial charge on any atom is -0.478 e. The van der Waals surface area contributed by atoms with Gasteiger partial charge in [-0.2, -0.15) is 0 Å². The third kappa shape index (κ3) is 5.15. The SMILES string of the molecule is C=C1CCC[C@]2(C)[C@H]1CC[C@@](C)(CCC=C(C)C)[C@@H]2CC/C(C)=C/C(=O)O. The van der Waals surface area contributed by atoms with E-state index in [-0.39, 0.29) is 0 Å². The molecule has 2 nitrogen and oxygen atoms in total. The third-order valence-corrected chi connectivity index (χ3v) is 7.61. The molecule has 1 N–H and O–H groups in total. The maximum absolute atomic E-state index is 11.0. The van der Waals surface area contributed by atoms with Gasteiger partial charge >= 0.3 is 5.97 Å².